The number of para-hydroxylation sites is 1. The monoisotopic (exact) mass is 325 g/mol. The van der Waals surface area contributed by atoms with Crippen LogP contribution in [0.25, 0.3) is 0 Å². The van der Waals surface area contributed by atoms with Crippen LogP contribution in [0.3, 0.4) is 0 Å². The fourth-order valence-electron chi connectivity index (χ4n) is 1.88. The molecule has 0 fully saturated rings. The van der Waals surface area contributed by atoms with Crippen LogP contribution in [-0.4, -0.2) is 19.9 Å². The van der Waals surface area contributed by atoms with Gasteiger partial charge in [0, 0.05) is 18.9 Å². The summed E-state index contributed by atoms with van der Waals surface area (Å²) < 4.78 is 27.6. The van der Waals surface area contributed by atoms with Crippen molar-refractivity contribution in [3.63, 3.8) is 0 Å². The Morgan fingerprint density at radius 2 is 2.05 bits per heavy atom. The van der Waals surface area contributed by atoms with E-state index in [-0.39, 0.29) is 4.90 Å². The highest BCUT2D eigenvalue weighted by molar-refractivity contribution is 7.92. The number of nitrogens with zero attached hydrogens (tertiary/aromatic N) is 1. The molecule has 2 aromatic rings. The molecule has 112 valence electrons. The zero-order valence-electron chi connectivity index (χ0n) is 11.7. The number of hydrogen-bond acceptors (Lipinski definition) is 4. The molecule has 0 aliphatic carbocycles. The van der Waals surface area contributed by atoms with Gasteiger partial charge in [0.1, 0.15) is 4.90 Å². The molecule has 21 heavy (non-hydrogen) atoms. The SMILES string of the molecule is CCNc1ccncc1S(=O)(=O)Nc1c(C)cccc1Cl. The fourth-order valence-corrected chi connectivity index (χ4v) is 3.49. The molecule has 0 bridgehead atoms. The second-order valence-corrected chi connectivity index (χ2v) is 6.50. The molecule has 1 heterocycles. The van der Waals surface area contributed by atoms with E-state index in [0.29, 0.717) is 22.9 Å². The van der Waals surface area contributed by atoms with Crippen LogP contribution in [0.15, 0.2) is 41.6 Å². The summed E-state index contributed by atoms with van der Waals surface area (Å²) in [6.45, 7) is 4.29. The molecule has 0 radical (unpaired) electrons. The predicted octanol–water partition coefficient (Wildman–Crippen LogP) is 3.28. The summed E-state index contributed by atoms with van der Waals surface area (Å²) in [6.07, 6.45) is 2.85. The van der Waals surface area contributed by atoms with Crippen molar-refractivity contribution in [1.82, 2.24) is 4.98 Å². The van der Waals surface area contributed by atoms with E-state index >= 15 is 0 Å². The Morgan fingerprint density at radius 3 is 2.71 bits per heavy atom. The highest BCUT2D eigenvalue weighted by Crippen LogP contribution is 2.29. The first-order valence-corrected chi connectivity index (χ1v) is 8.27. The number of hydrogen-bond donors (Lipinski definition) is 2. The smallest absolute Gasteiger partial charge is 0.265 e. The van der Waals surface area contributed by atoms with Crippen LogP contribution in [0.5, 0.6) is 0 Å². The number of pyridine rings is 1. The summed E-state index contributed by atoms with van der Waals surface area (Å²) in [6, 6.07) is 6.82. The van der Waals surface area contributed by atoms with Crippen molar-refractivity contribution >= 4 is 33.0 Å². The molecule has 0 aliphatic rings. The van der Waals surface area contributed by atoms with E-state index in [1.54, 1.807) is 31.2 Å². The summed E-state index contributed by atoms with van der Waals surface area (Å²) in [7, 11) is -3.77. The van der Waals surface area contributed by atoms with Crippen molar-refractivity contribution in [2.45, 2.75) is 18.7 Å². The van der Waals surface area contributed by atoms with Gasteiger partial charge >= 0.3 is 0 Å². The van der Waals surface area contributed by atoms with Gasteiger partial charge in [-0.3, -0.25) is 9.71 Å². The minimum Gasteiger partial charge on any atom is -0.384 e. The zero-order chi connectivity index (χ0) is 15.5. The number of anilines is 2. The van der Waals surface area contributed by atoms with E-state index in [2.05, 4.69) is 15.0 Å². The van der Waals surface area contributed by atoms with Gasteiger partial charge in [-0.1, -0.05) is 23.7 Å². The standard InChI is InChI=1S/C14H16ClN3O2S/c1-3-17-12-7-8-16-9-13(12)21(19,20)18-14-10(2)5-4-6-11(14)15/h4-9,18H,3H2,1-2H3,(H,16,17). The van der Waals surface area contributed by atoms with Crippen molar-refractivity contribution in [2.75, 3.05) is 16.6 Å². The van der Waals surface area contributed by atoms with Gasteiger partial charge in [-0.25, -0.2) is 8.42 Å². The third-order valence-electron chi connectivity index (χ3n) is 2.90. The van der Waals surface area contributed by atoms with Crippen LogP contribution >= 0.6 is 11.6 Å². The van der Waals surface area contributed by atoms with Crippen LogP contribution in [0.4, 0.5) is 11.4 Å². The lowest BCUT2D eigenvalue weighted by atomic mass is 10.2. The normalized spacial score (nSPS) is 11.2. The van der Waals surface area contributed by atoms with Gasteiger partial charge < -0.3 is 5.32 Å². The van der Waals surface area contributed by atoms with Gasteiger partial charge in [-0.05, 0) is 31.5 Å². The van der Waals surface area contributed by atoms with Gasteiger partial charge in [0.2, 0.25) is 0 Å². The van der Waals surface area contributed by atoms with Gasteiger partial charge in [-0.15, -0.1) is 0 Å². The van der Waals surface area contributed by atoms with Crippen LogP contribution in [0, 0.1) is 6.92 Å². The molecule has 0 unspecified atom stereocenters. The third kappa shape index (κ3) is 3.46. The Labute approximate surface area is 129 Å². The Bertz CT molecular complexity index is 727. The third-order valence-corrected chi connectivity index (χ3v) is 4.59. The van der Waals surface area contributed by atoms with Crippen LogP contribution in [0.2, 0.25) is 5.02 Å². The summed E-state index contributed by atoms with van der Waals surface area (Å²) in [4.78, 5) is 3.98. The Balaban J connectivity index is 2.44. The van der Waals surface area contributed by atoms with Crippen LogP contribution in [0.1, 0.15) is 12.5 Å². The number of sulfonamides is 1. The summed E-state index contributed by atoms with van der Waals surface area (Å²) in [5.41, 5.74) is 1.63. The average molecular weight is 326 g/mol. The van der Waals surface area contributed by atoms with E-state index < -0.39 is 10.0 Å². The minimum atomic E-state index is -3.77. The molecular formula is C14H16ClN3O2S. The summed E-state index contributed by atoms with van der Waals surface area (Å²) >= 11 is 6.07. The van der Waals surface area contributed by atoms with Gasteiger partial charge in [-0.2, -0.15) is 0 Å². The lowest BCUT2D eigenvalue weighted by molar-refractivity contribution is 0.601. The van der Waals surface area contributed by atoms with E-state index in [0.717, 1.165) is 5.56 Å². The maximum absolute atomic E-state index is 12.6. The van der Waals surface area contributed by atoms with Crippen molar-refractivity contribution in [1.29, 1.82) is 0 Å². The topological polar surface area (TPSA) is 71.1 Å². The van der Waals surface area contributed by atoms with Crippen LogP contribution in [-0.2, 0) is 10.0 Å². The molecule has 0 aliphatic heterocycles. The Morgan fingerprint density at radius 1 is 1.29 bits per heavy atom. The van der Waals surface area contributed by atoms with Crippen molar-refractivity contribution < 1.29 is 8.42 Å². The molecule has 1 aromatic carbocycles. The molecule has 0 saturated heterocycles. The fraction of sp³-hybridized carbons (Fsp3) is 0.214. The van der Waals surface area contributed by atoms with Crippen molar-refractivity contribution in [3.8, 4) is 0 Å². The summed E-state index contributed by atoms with van der Waals surface area (Å²) in [5, 5.41) is 3.36. The van der Waals surface area contributed by atoms with Gasteiger partial charge in [0.25, 0.3) is 10.0 Å². The highest BCUT2D eigenvalue weighted by atomic mass is 35.5. The minimum absolute atomic E-state index is 0.0890. The van der Waals surface area contributed by atoms with Gasteiger partial charge in [0.15, 0.2) is 0 Å². The van der Waals surface area contributed by atoms with E-state index in [9.17, 15) is 8.42 Å². The molecule has 5 nitrogen and oxygen atoms in total. The quantitative estimate of drug-likeness (QED) is 0.885. The molecular weight excluding hydrogens is 310 g/mol. The molecule has 7 heteroatoms. The molecule has 0 atom stereocenters. The average Bonchev–Trinajstić information content (AvgIpc) is 2.44. The number of rotatable bonds is 5. The molecule has 1 aromatic heterocycles. The second kappa shape index (κ2) is 6.32. The second-order valence-electron chi connectivity index (χ2n) is 4.44. The first kappa shape index (κ1) is 15.6. The predicted molar refractivity (Wildman–Crippen MR) is 85.4 cm³/mol. The zero-order valence-corrected chi connectivity index (χ0v) is 13.3. The first-order valence-electron chi connectivity index (χ1n) is 6.41. The summed E-state index contributed by atoms with van der Waals surface area (Å²) in [5.74, 6) is 0. The molecule has 0 amide bonds. The van der Waals surface area contributed by atoms with Crippen LogP contribution < -0.4 is 10.0 Å². The largest absolute Gasteiger partial charge is 0.384 e. The van der Waals surface area contributed by atoms with E-state index in [1.165, 1.54) is 12.4 Å². The lowest BCUT2D eigenvalue weighted by Gasteiger charge is -2.14. The molecule has 0 saturated carbocycles. The van der Waals surface area contributed by atoms with Crippen molar-refractivity contribution in [2.24, 2.45) is 0 Å². The molecule has 2 N–H and O–H groups in total. The first-order chi connectivity index (χ1) is 9.95. The van der Waals surface area contributed by atoms with E-state index in [4.69, 9.17) is 11.6 Å². The molecule has 0 spiro atoms. The number of aryl methyl sites for hydroxylation is 1. The number of benzene rings is 1. The van der Waals surface area contributed by atoms with Crippen molar-refractivity contribution in [3.05, 3.63) is 47.2 Å². The maximum Gasteiger partial charge on any atom is 0.265 e. The molecule has 2 rings (SSSR count). The number of halogens is 1. The number of aromatic nitrogens is 1. The maximum atomic E-state index is 12.6. The lowest BCUT2D eigenvalue weighted by Crippen LogP contribution is -2.16. The highest BCUT2D eigenvalue weighted by Gasteiger charge is 2.20. The number of nitrogens with one attached hydrogen (secondary N) is 2. The Hall–Kier alpha value is -1.79. The van der Waals surface area contributed by atoms with Gasteiger partial charge in [0.05, 0.1) is 16.4 Å². The Kier molecular flexibility index (Phi) is 4.69. The van der Waals surface area contributed by atoms with E-state index in [1.807, 2.05) is 6.92 Å².